The van der Waals surface area contributed by atoms with Crippen molar-refractivity contribution in [2.75, 3.05) is 20.2 Å². The quantitative estimate of drug-likeness (QED) is 0.125. The number of aromatic amines is 2. The first-order valence-electron chi connectivity index (χ1n) is 19.4. The van der Waals surface area contributed by atoms with Crippen LogP contribution in [0.4, 0.5) is 4.79 Å². The number of likely N-dealkylation sites (tertiary alicyclic amines) is 2. The Bertz CT molecular complexity index is 2500. The molecule has 2 aliphatic heterocycles. The lowest BCUT2D eigenvalue weighted by atomic mass is 10.0. The molecule has 292 valence electrons. The lowest BCUT2D eigenvalue weighted by Gasteiger charge is -2.30. The number of H-pyrrole nitrogens is 2. The van der Waals surface area contributed by atoms with Crippen LogP contribution in [0.2, 0.25) is 0 Å². The zero-order chi connectivity index (χ0) is 39.4. The van der Waals surface area contributed by atoms with Gasteiger partial charge in [0.1, 0.15) is 28.9 Å². The van der Waals surface area contributed by atoms with E-state index in [1.807, 2.05) is 50.8 Å². The first kappa shape index (κ1) is 37.4. The van der Waals surface area contributed by atoms with Crippen molar-refractivity contribution in [3.63, 3.8) is 0 Å². The Labute approximate surface area is 327 Å². The molecule has 6 heterocycles. The number of benzene rings is 2. The summed E-state index contributed by atoms with van der Waals surface area (Å²) in [6.07, 6.45) is 2.59. The lowest BCUT2D eigenvalue weighted by Crippen LogP contribution is -2.51. The van der Waals surface area contributed by atoms with E-state index in [9.17, 15) is 19.2 Å². The SMILES string of the molecule is COC(=O)N[C@H](C(=O)N1CCC[C@H]1c1nc2ccc3[nH]c(-c4cc5ccc6[nH]c([C@@H]7CCCN7C(=O)[C@@H](NC(C)=O)C(C)C)nc6c5s4)ccc3c2n1)C(C)C. The molecule has 4 atom stereocenters. The van der Waals surface area contributed by atoms with Crippen molar-refractivity contribution >= 4 is 78.2 Å². The Hall–Kier alpha value is -5.57. The topological polar surface area (TPSA) is 178 Å². The lowest BCUT2D eigenvalue weighted by molar-refractivity contribution is -0.138. The molecule has 2 aliphatic rings. The molecule has 2 saturated heterocycles. The molecule has 2 aromatic carbocycles. The van der Waals surface area contributed by atoms with Gasteiger partial charge in [0.15, 0.2) is 5.82 Å². The van der Waals surface area contributed by atoms with Crippen molar-refractivity contribution in [2.45, 2.75) is 84.5 Å². The number of ether oxygens (including phenoxy) is 1. The molecule has 0 radical (unpaired) electrons. The summed E-state index contributed by atoms with van der Waals surface area (Å²) in [6, 6.07) is 12.6. The number of amides is 4. The third kappa shape index (κ3) is 6.71. The molecule has 0 bridgehead atoms. The second-order valence-electron chi connectivity index (χ2n) is 15.6. The summed E-state index contributed by atoms with van der Waals surface area (Å²) in [5.74, 6) is 0.751. The Morgan fingerprint density at radius 1 is 0.804 bits per heavy atom. The normalized spacial score (nSPS) is 18.5. The molecular formula is C41H47N9O5S. The largest absolute Gasteiger partial charge is 0.453 e. The summed E-state index contributed by atoms with van der Waals surface area (Å²) in [5, 5.41) is 7.57. The Balaban J connectivity index is 1.07. The van der Waals surface area contributed by atoms with Crippen molar-refractivity contribution < 1.29 is 23.9 Å². The third-order valence-electron chi connectivity index (χ3n) is 11.1. The maximum absolute atomic E-state index is 13.7. The van der Waals surface area contributed by atoms with E-state index in [1.165, 1.54) is 14.0 Å². The maximum atomic E-state index is 13.7. The first-order valence-corrected chi connectivity index (χ1v) is 20.2. The minimum Gasteiger partial charge on any atom is -0.453 e. The number of nitrogens with zero attached hydrogens (tertiary/aromatic N) is 5. The van der Waals surface area contributed by atoms with Crippen molar-refractivity contribution in [1.29, 1.82) is 0 Å². The minimum atomic E-state index is -0.713. The van der Waals surface area contributed by atoms with Gasteiger partial charge < -0.3 is 35.1 Å². The van der Waals surface area contributed by atoms with E-state index in [1.54, 1.807) is 16.2 Å². The Morgan fingerprint density at radius 2 is 1.48 bits per heavy atom. The third-order valence-corrected chi connectivity index (χ3v) is 12.3. The molecule has 15 heteroatoms. The van der Waals surface area contributed by atoms with Crippen LogP contribution >= 0.6 is 11.3 Å². The fourth-order valence-electron chi connectivity index (χ4n) is 8.27. The van der Waals surface area contributed by atoms with Crippen LogP contribution in [0.15, 0.2) is 42.5 Å². The fourth-order valence-corrected chi connectivity index (χ4v) is 9.40. The molecule has 4 aromatic heterocycles. The van der Waals surface area contributed by atoms with Gasteiger partial charge in [-0.05, 0) is 79.3 Å². The van der Waals surface area contributed by atoms with E-state index >= 15 is 0 Å². The highest BCUT2D eigenvalue weighted by atomic mass is 32.1. The van der Waals surface area contributed by atoms with Gasteiger partial charge in [-0.3, -0.25) is 14.4 Å². The molecule has 0 aliphatic carbocycles. The summed E-state index contributed by atoms with van der Waals surface area (Å²) < 4.78 is 5.84. The number of imidazole rings is 2. The number of rotatable bonds is 9. The van der Waals surface area contributed by atoms with Crippen molar-refractivity contribution in [3.8, 4) is 10.6 Å². The van der Waals surface area contributed by atoms with Gasteiger partial charge in [-0.25, -0.2) is 19.7 Å². The van der Waals surface area contributed by atoms with E-state index in [0.29, 0.717) is 18.9 Å². The molecule has 0 unspecified atom stereocenters. The minimum absolute atomic E-state index is 0.0393. The monoisotopic (exact) mass is 777 g/mol. The average molecular weight is 778 g/mol. The number of hydrogen-bond donors (Lipinski definition) is 4. The smallest absolute Gasteiger partial charge is 0.407 e. The molecule has 14 nitrogen and oxygen atoms in total. The van der Waals surface area contributed by atoms with Gasteiger partial charge in [0.2, 0.25) is 17.7 Å². The highest BCUT2D eigenvalue weighted by Crippen LogP contribution is 2.40. The molecule has 4 N–H and O–H groups in total. The second kappa shape index (κ2) is 14.8. The van der Waals surface area contributed by atoms with Gasteiger partial charge >= 0.3 is 6.09 Å². The van der Waals surface area contributed by atoms with Crippen molar-refractivity contribution in [2.24, 2.45) is 11.8 Å². The first-order chi connectivity index (χ1) is 26.9. The number of hydrogen-bond acceptors (Lipinski definition) is 9. The summed E-state index contributed by atoms with van der Waals surface area (Å²) in [7, 11) is 1.29. The molecule has 8 rings (SSSR count). The molecular weight excluding hydrogens is 731 g/mol. The molecule has 0 saturated carbocycles. The Kier molecular flexibility index (Phi) is 9.89. The number of carbonyl (C=O) groups is 4. The summed E-state index contributed by atoms with van der Waals surface area (Å²) in [4.78, 5) is 78.1. The average Bonchev–Trinajstić information content (AvgIpc) is 4.02. The van der Waals surface area contributed by atoms with Gasteiger partial charge in [-0.1, -0.05) is 33.8 Å². The zero-order valence-electron chi connectivity index (χ0n) is 32.4. The number of methoxy groups -OCH3 is 1. The number of aromatic nitrogens is 5. The van der Waals surface area contributed by atoms with E-state index in [0.717, 1.165) is 85.1 Å². The Morgan fingerprint density at radius 3 is 2.18 bits per heavy atom. The molecule has 56 heavy (non-hydrogen) atoms. The van der Waals surface area contributed by atoms with Crippen LogP contribution in [-0.2, 0) is 19.1 Å². The van der Waals surface area contributed by atoms with Gasteiger partial charge in [-0.2, -0.15) is 0 Å². The number of alkyl carbamates (subject to hydrolysis) is 1. The van der Waals surface area contributed by atoms with Crippen LogP contribution in [0.1, 0.15) is 84.0 Å². The molecule has 0 spiro atoms. The van der Waals surface area contributed by atoms with Crippen LogP contribution in [0, 0.1) is 11.8 Å². The summed E-state index contributed by atoms with van der Waals surface area (Å²) in [5.41, 5.74) is 5.19. The van der Waals surface area contributed by atoms with Gasteiger partial charge in [-0.15, -0.1) is 11.3 Å². The van der Waals surface area contributed by atoms with Gasteiger partial charge in [0.05, 0.1) is 45.5 Å². The van der Waals surface area contributed by atoms with Crippen LogP contribution in [0.25, 0.3) is 53.6 Å². The highest BCUT2D eigenvalue weighted by Gasteiger charge is 2.39. The second-order valence-corrected chi connectivity index (χ2v) is 16.7. The van der Waals surface area contributed by atoms with Crippen LogP contribution in [0.3, 0.4) is 0 Å². The number of pyridine rings is 1. The van der Waals surface area contributed by atoms with Crippen molar-refractivity contribution in [1.82, 2.24) is 45.4 Å². The molecule has 4 amide bonds. The van der Waals surface area contributed by atoms with E-state index < -0.39 is 18.2 Å². The van der Waals surface area contributed by atoms with Crippen LogP contribution in [0.5, 0.6) is 0 Å². The van der Waals surface area contributed by atoms with E-state index in [-0.39, 0.29) is 41.6 Å². The number of nitrogens with one attached hydrogen (secondary N) is 4. The number of carbonyl (C=O) groups excluding carboxylic acids is 4. The highest BCUT2D eigenvalue weighted by molar-refractivity contribution is 7.23. The van der Waals surface area contributed by atoms with Crippen molar-refractivity contribution in [3.05, 3.63) is 54.1 Å². The fraction of sp³-hybridized carbons (Fsp3) is 0.439. The predicted octanol–water partition coefficient (Wildman–Crippen LogP) is 6.74. The number of thiophene rings is 1. The van der Waals surface area contributed by atoms with Gasteiger partial charge in [0, 0.05) is 30.9 Å². The summed E-state index contributed by atoms with van der Waals surface area (Å²) in [6.45, 7) is 10.3. The van der Waals surface area contributed by atoms with E-state index in [4.69, 9.17) is 19.7 Å². The van der Waals surface area contributed by atoms with Crippen LogP contribution in [-0.4, -0.2) is 90.8 Å². The molecule has 6 aromatic rings. The van der Waals surface area contributed by atoms with E-state index in [2.05, 4.69) is 44.9 Å². The summed E-state index contributed by atoms with van der Waals surface area (Å²) >= 11 is 1.66. The number of fused-ring (bicyclic) bond motifs is 6. The predicted molar refractivity (Wildman–Crippen MR) is 216 cm³/mol. The zero-order valence-corrected chi connectivity index (χ0v) is 33.3. The van der Waals surface area contributed by atoms with Gasteiger partial charge in [0.25, 0.3) is 0 Å². The maximum Gasteiger partial charge on any atom is 0.407 e. The molecule has 2 fully saturated rings. The standard InChI is InChI=1S/C41H47N9O5S/c1-20(2)32(42-22(5)51)39(52)49-17-8-10-30(49)38-45-28-13-11-23-19-31(56-36(23)35(28)47-38)26-14-12-24-25(43-26)15-16-27-34(24)46-37(44-27)29-9-7-18-50(29)40(53)33(21(3)4)48-41(54)55-6/h11-16,19-21,29-30,32-33,43H,7-10,17-18H2,1-6H3,(H,42,51)(H,45,47)(H,48,54)/t29-,30-,32-,33-/m0/s1. The van der Waals surface area contributed by atoms with Crippen LogP contribution < -0.4 is 10.6 Å².